The fourth-order valence-corrected chi connectivity index (χ4v) is 0.801. The Morgan fingerprint density at radius 2 is 2.54 bits per heavy atom. The van der Waals surface area contributed by atoms with Gasteiger partial charge in [-0.15, -0.1) is 0 Å². The summed E-state index contributed by atoms with van der Waals surface area (Å²) in [6.45, 7) is -0.845. The number of carbonyl (C=O) groups is 1. The lowest BCUT2D eigenvalue weighted by molar-refractivity contribution is -0.137. The third kappa shape index (κ3) is 3.10. The van der Waals surface area contributed by atoms with Crippen LogP contribution >= 0.6 is 0 Å². The van der Waals surface area contributed by atoms with Crippen molar-refractivity contribution in [2.24, 2.45) is 0 Å². The second kappa shape index (κ2) is 4.44. The number of rotatable bonds is 5. The summed E-state index contributed by atoms with van der Waals surface area (Å²) in [4.78, 5) is 10.2. The lowest BCUT2D eigenvalue weighted by Gasteiger charge is -1.97. The van der Waals surface area contributed by atoms with E-state index in [1.165, 1.54) is 17.1 Å². The molecule has 0 saturated carbocycles. The smallest absolute Gasteiger partial charge is 0.325 e. The first kappa shape index (κ1) is 9.50. The fraction of sp³-hybridized carbons (Fsp3) is 0.429. The molecule has 72 valence electrons. The Morgan fingerprint density at radius 3 is 3.15 bits per heavy atom. The fourth-order valence-electron chi connectivity index (χ4n) is 0.801. The van der Waals surface area contributed by atoms with Gasteiger partial charge in [0.1, 0.15) is 19.8 Å². The molecule has 0 atom stereocenters. The van der Waals surface area contributed by atoms with E-state index in [-0.39, 0.29) is 13.2 Å². The van der Waals surface area contributed by atoms with Gasteiger partial charge < -0.3 is 9.84 Å². The van der Waals surface area contributed by atoms with Gasteiger partial charge in [-0.25, -0.2) is 4.39 Å². The van der Waals surface area contributed by atoms with Gasteiger partial charge in [-0.2, -0.15) is 5.10 Å². The molecule has 5 nitrogen and oxygen atoms in total. The molecule has 1 rings (SSSR count). The maximum Gasteiger partial charge on any atom is 0.325 e. The summed E-state index contributed by atoms with van der Waals surface area (Å²) >= 11 is 0. The van der Waals surface area contributed by atoms with Gasteiger partial charge in [0.2, 0.25) is 0 Å². The summed E-state index contributed by atoms with van der Waals surface area (Å²) in [5.41, 5.74) is 0. The predicted octanol–water partition coefficient (Wildman–Crippen LogP) is 0.316. The summed E-state index contributed by atoms with van der Waals surface area (Å²) in [5, 5.41) is 12.1. The maximum atomic E-state index is 11.6. The monoisotopic (exact) mass is 188 g/mol. The zero-order chi connectivity index (χ0) is 9.68. The van der Waals surface area contributed by atoms with Crippen molar-refractivity contribution in [3.8, 4) is 5.75 Å². The lowest BCUT2D eigenvalue weighted by atomic mass is 10.6. The summed E-state index contributed by atoms with van der Waals surface area (Å²) in [6, 6.07) is 0. The number of hydrogen-bond donors (Lipinski definition) is 1. The average Bonchev–Trinajstić information content (AvgIpc) is 2.48. The van der Waals surface area contributed by atoms with Crippen LogP contribution in [0.25, 0.3) is 0 Å². The SMILES string of the molecule is O=C(O)Cn1cc(OCCF)cn1. The largest absolute Gasteiger partial charge is 0.488 e. The van der Waals surface area contributed by atoms with E-state index in [4.69, 9.17) is 9.84 Å². The van der Waals surface area contributed by atoms with Crippen LogP contribution in [-0.4, -0.2) is 34.1 Å². The zero-order valence-electron chi connectivity index (χ0n) is 6.81. The molecule has 0 radical (unpaired) electrons. The number of ether oxygens (including phenoxy) is 1. The standard InChI is InChI=1S/C7H9FN2O3/c8-1-2-13-6-3-9-10(4-6)5-7(11)12/h3-4H,1-2,5H2,(H,11,12). The lowest BCUT2D eigenvalue weighted by Crippen LogP contribution is -2.08. The summed E-state index contributed by atoms with van der Waals surface area (Å²) < 4.78 is 17.7. The Balaban J connectivity index is 2.48. The molecule has 0 bridgehead atoms. The number of aliphatic carboxylic acids is 1. The van der Waals surface area contributed by atoms with Gasteiger partial charge in [0.25, 0.3) is 0 Å². The van der Waals surface area contributed by atoms with Crippen molar-refractivity contribution in [3.63, 3.8) is 0 Å². The van der Waals surface area contributed by atoms with Gasteiger partial charge in [0.05, 0.1) is 12.4 Å². The normalized spacial score (nSPS) is 9.92. The van der Waals surface area contributed by atoms with Crippen molar-refractivity contribution in [2.45, 2.75) is 6.54 Å². The summed E-state index contributed by atoms with van der Waals surface area (Å²) in [7, 11) is 0. The van der Waals surface area contributed by atoms with E-state index in [9.17, 15) is 9.18 Å². The summed E-state index contributed by atoms with van der Waals surface area (Å²) in [5.74, 6) is -0.612. The van der Waals surface area contributed by atoms with Crippen molar-refractivity contribution >= 4 is 5.97 Å². The molecule has 0 aliphatic rings. The number of alkyl halides is 1. The molecule has 1 N–H and O–H groups in total. The van der Waals surface area contributed by atoms with Crippen LogP contribution in [0.15, 0.2) is 12.4 Å². The van der Waals surface area contributed by atoms with Crippen molar-refractivity contribution < 1.29 is 19.0 Å². The van der Waals surface area contributed by atoms with Crippen LogP contribution in [-0.2, 0) is 11.3 Å². The van der Waals surface area contributed by atoms with Crippen LogP contribution in [0.4, 0.5) is 4.39 Å². The molecular formula is C7H9FN2O3. The minimum absolute atomic E-state index is 0.0429. The Bertz CT molecular complexity index is 287. The van der Waals surface area contributed by atoms with E-state index in [1.54, 1.807) is 0 Å². The van der Waals surface area contributed by atoms with E-state index in [0.29, 0.717) is 5.75 Å². The highest BCUT2D eigenvalue weighted by Gasteiger charge is 2.02. The van der Waals surface area contributed by atoms with Gasteiger partial charge in [0, 0.05) is 0 Å². The molecule has 0 aliphatic heterocycles. The van der Waals surface area contributed by atoms with Crippen molar-refractivity contribution in [1.29, 1.82) is 0 Å². The molecule has 0 amide bonds. The molecule has 0 aliphatic carbocycles. The molecule has 0 spiro atoms. The van der Waals surface area contributed by atoms with E-state index in [2.05, 4.69) is 5.10 Å². The quantitative estimate of drug-likeness (QED) is 0.722. The highest BCUT2D eigenvalue weighted by molar-refractivity contribution is 5.66. The topological polar surface area (TPSA) is 64.3 Å². The molecule has 1 aromatic rings. The minimum atomic E-state index is -0.986. The van der Waals surface area contributed by atoms with Crippen LogP contribution < -0.4 is 4.74 Å². The zero-order valence-corrected chi connectivity index (χ0v) is 6.81. The number of halogens is 1. The third-order valence-electron chi connectivity index (χ3n) is 1.25. The first-order chi connectivity index (χ1) is 6.22. The van der Waals surface area contributed by atoms with Crippen LogP contribution in [0.5, 0.6) is 5.75 Å². The average molecular weight is 188 g/mol. The van der Waals surface area contributed by atoms with Crippen molar-refractivity contribution in [3.05, 3.63) is 12.4 Å². The number of nitrogens with zero attached hydrogens (tertiary/aromatic N) is 2. The molecule has 6 heteroatoms. The van der Waals surface area contributed by atoms with Crippen LogP contribution in [0.2, 0.25) is 0 Å². The van der Waals surface area contributed by atoms with Crippen LogP contribution in [0.1, 0.15) is 0 Å². The van der Waals surface area contributed by atoms with Gasteiger partial charge in [0.15, 0.2) is 5.75 Å². The molecular weight excluding hydrogens is 179 g/mol. The third-order valence-corrected chi connectivity index (χ3v) is 1.25. The van der Waals surface area contributed by atoms with Gasteiger partial charge in [-0.1, -0.05) is 0 Å². The Morgan fingerprint density at radius 1 is 1.77 bits per heavy atom. The van der Waals surface area contributed by atoms with Gasteiger partial charge in [-0.05, 0) is 0 Å². The number of carboxylic acid groups (broad SMARTS) is 1. The second-order valence-corrected chi connectivity index (χ2v) is 2.30. The van der Waals surface area contributed by atoms with E-state index in [1.807, 2.05) is 0 Å². The maximum absolute atomic E-state index is 11.6. The van der Waals surface area contributed by atoms with E-state index < -0.39 is 12.6 Å². The molecule has 13 heavy (non-hydrogen) atoms. The highest BCUT2D eigenvalue weighted by Crippen LogP contribution is 2.07. The number of hydrogen-bond acceptors (Lipinski definition) is 3. The molecule has 0 fully saturated rings. The van der Waals surface area contributed by atoms with Crippen LogP contribution in [0.3, 0.4) is 0 Å². The second-order valence-electron chi connectivity index (χ2n) is 2.30. The Hall–Kier alpha value is -1.59. The van der Waals surface area contributed by atoms with Crippen molar-refractivity contribution in [2.75, 3.05) is 13.3 Å². The predicted molar refractivity (Wildman–Crippen MR) is 41.3 cm³/mol. The molecule has 0 aromatic carbocycles. The van der Waals surface area contributed by atoms with E-state index >= 15 is 0 Å². The first-order valence-electron chi connectivity index (χ1n) is 3.65. The first-order valence-corrected chi connectivity index (χ1v) is 3.65. The Labute approximate surface area is 73.7 Å². The molecule has 0 saturated heterocycles. The molecule has 0 unspecified atom stereocenters. The van der Waals surface area contributed by atoms with Crippen LogP contribution in [0, 0.1) is 0 Å². The number of aromatic nitrogens is 2. The minimum Gasteiger partial charge on any atom is -0.488 e. The van der Waals surface area contributed by atoms with E-state index in [0.717, 1.165) is 0 Å². The number of carboxylic acids is 1. The Kier molecular flexibility index (Phi) is 3.24. The molecule has 1 heterocycles. The van der Waals surface area contributed by atoms with Gasteiger partial charge >= 0.3 is 5.97 Å². The highest BCUT2D eigenvalue weighted by atomic mass is 19.1. The summed E-state index contributed by atoms with van der Waals surface area (Å²) in [6.07, 6.45) is 2.75. The molecule has 1 aromatic heterocycles. The van der Waals surface area contributed by atoms with Crippen molar-refractivity contribution in [1.82, 2.24) is 9.78 Å². The van der Waals surface area contributed by atoms with Gasteiger partial charge in [-0.3, -0.25) is 9.48 Å².